The third-order valence-electron chi connectivity index (χ3n) is 3.17. The maximum Gasteiger partial charge on any atom is 0.192 e. The van der Waals surface area contributed by atoms with E-state index in [2.05, 4.69) is 9.97 Å². The molecule has 0 aliphatic carbocycles. The number of hydrogen-bond acceptors (Lipinski definition) is 4. The van der Waals surface area contributed by atoms with Gasteiger partial charge in [0.25, 0.3) is 0 Å². The molecule has 0 saturated carbocycles. The van der Waals surface area contributed by atoms with Crippen LogP contribution in [0.15, 0.2) is 60.1 Å². The van der Waals surface area contributed by atoms with E-state index in [0.717, 1.165) is 6.26 Å². The lowest BCUT2D eigenvalue weighted by atomic mass is 10.1. The van der Waals surface area contributed by atoms with E-state index in [9.17, 15) is 12.8 Å². The van der Waals surface area contributed by atoms with E-state index in [0.29, 0.717) is 16.9 Å². The third-order valence-corrected chi connectivity index (χ3v) is 4.17. The lowest BCUT2D eigenvalue weighted by molar-refractivity contribution is 0.598. The number of rotatable bonds is 3. The van der Waals surface area contributed by atoms with Crippen molar-refractivity contribution in [3.8, 4) is 16.9 Å². The SMILES string of the molecule is CS(=O)(=O)c1ccc(-n2cncc2-c2ccccc2F)cn1. The summed E-state index contributed by atoms with van der Waals surface area (Å²) in [5, 5.41) is -0.0104. The van der Waals surface area contributed by atoms with Gasteiger partial charge < -0.3 is 0 Å². The highest BCUT2D eigenvalue weighted by Gasteiger charge is 2.13. The zero-order chi connectivity index (χ0) is 15.7. The normalized spacial score (nSPS) is 11.5. The van der Waals surface area contributed by atoms with Gasteiger partial charge in [-0.15, -0.1) is 0 Å². The van der Waals surface area contributed by atoms with Gasteiger partial charge >= 0.3 is 0 Å². The number of sulfone groups is 1. The van der Waals surface area contributed by atoms with E-state index in [1.165, 1.54) is 24.7 Å². The molecule has 3 aromatic rings. The summed E-state index contributed by atoms with van der Waals surface area (Å²) in [6.45, 7) is 0. The molecule has 0 N–H and O–H groups in total. The molecule has 0 atom stereocenters. The summed E-state index contributed by atoms with van der Waals surface area (Å²) in [5.41, 5.74) is 1.57. The van der Waals surface area contributed by atoms with Crippen LogP contribution in [0.25, 0.3) is 16.9 Å². The Balaban J connectivity index is 2.08. The Bertz CT molecular complexity index is 918. The topological polar surface area (TPSA) is 64.8 Å². The Hall–Kier alpha value is -2.54. The summed E-state index contributed by atoms with van der Waals surface area (Å²) in [5.74, 6) is -0.357. The minimum Gasteiger partial charge on any atom is -0.297 e. The standard InChI is InChI=1S/C15H12FN3O2S/c1-22(20,21)15-7-6-11(8-18-15)19-10-17-9-14(19)12-4-2-3-5-13(12)16/h2-10H,1H3. The number of hydrogen-bond donors (Lipinski definition) is 0. The second-order valence-electron chi connectivity index (χ2n) is 4.76. The van der Waals surface area contributed by atoms with Crippen LogP contribution in [0.1, 0.15) is 0 Å². The second-order valence-corrected chi connectivity index (χ2v) is 6.72. The number of benzene rings is 1. The first kappa shape index (κ1) is 14.4. The van der Waals surface area contributed by atoms with Crippen molar-refractivity contribution in [1.29, 1.82) is 0 Å². The molecule has 3 rings (SSSR count). The summed E-state index contributed by atoms with van der Waals surface area (Å²) in [6, 6.07) is 9.40. The van der Waals surface area contributed by atoms with E-state index in [1.807, 2.05) is 0 Å². The first-order chi connectivity index (χ1) is 10.5. The van der Waals surface area contributed by atoms with Crippen molar-refractivity contribution >= 4 is 9.84 Å². The highest BCUT2D eigenvalue weighted by atomic mass is 32.2. The Morgan fingerprint density at radius 2 is 1.86 bits per heavy atom. The average molecular weight is 317 g/mol. The van der Waals surface area contributed by atoms with Crippen LogP contribution in [0.4, 0.5) is 4.39 Å². The van der Waals surface area contributed by atoms with Gasteiger partial charge in [-0.05, 0) is 24.3 Å². The first-order valence-electron chi connectivity index (χ1n) is 6.40. The molecule has 22 heavy (non-hydrogen) atoms. The minimum absolute atomic E-state index is 0.0104. The van der Waals surface area contributed by atoms with Gasteiger partial charge in [0.05, 0.1) is 30.1 Å². The van der Waals surface area contributed by atoms with E-state index in [-0.39, 0.29) is 10.8 Å². The highest BCUT2D eigenvalue weighted by molar-refractivity contribution is 7.90. The molecule has 0 spiro atoms. The molecule has 112 valence electrons. The van der Waals surface area contributed by atoms with Gasteiger partial charge in [0.15, 0.2) is 14.9 Å². The summed E-state index contributed by atoms with van der Waals surface area (Å²) in [7, 11) is -3.35. The fourth-order valence-electron chi connectivity index (χ4n) is 2.10. The monoisotopic (exact) mass is 317 g/mol. The quantitative estimate of drug-likeness (QED) is 0.744. The second kappa shape index (κ2) is 5.34. The molecule has 0 saturated heterocycles. The maximum atomic E-state index is 13.9. The van der Waals surface area contributed by atoms with E-state index in [4.69, 9.17) is 0 Å². The minimum atomic E-state index is -3.35. The van der Waals surface area contributed by atoms with Gasteiger partial charge in [-0.2, -0.15) is 0 Å². The largest absolute Gasteiger partial charge is 0.297 e. The zero-order valence-corrected chi connectivity index (χ0v) is 12.5. The van der Waals surface area contributed by atoms with Crippen LogP contribution in [-0.4, -0.2) is 29.2 Å². The van der Waals surface area contributed by atoms with Gasteiger partial charge in [0.1, 0.15) is 5.82 Å². The molecular formula is C15H12FN3O2S. The Kier molecular flexibility index (Phi) is 3.50. The lowest BCUT2D eigenvalue weighted by Gasteiger charge is -2.09. The average Bonchev–Trinajstić information content (AvgIpc) is 2.96. The van der Waals surface area contributed by atoms with Gasteiger partial charge in [-0.3, -0.25) is 4.57 Å². The summed E-state index contributed by atoms with van der Waals surface area (Å²) in [4.78, 5) is 7.97. The summed E-state index contributed by atoms with van der Waals surface area (Å²) >= 11 is 0. The fourth-order valence-corrected chi connectivity index (χ4v) is 2.66. The predicted octanol–water partition coefficient (Wildman–Crippen LogP) is 2.48. The molecule has 2 aromatic heterocycles. The van der Waals surface area contributed by atoms with Crippen molar-refractivity contribution < 1.29 is 12.8 Å². The Labute approximate surface area is 127 Å². The molecule has 0 radical (unpaired) electrons. The Morgan fingerprint density at radius 3 is 2.50 bits per heavy atom. The molecule has 1 aromatic carbocycles. The van der Waals surface area contributed by atoms with Crippen LogP contribution in [0, 0.1) is 5.82 Å². The molecule has 0 unspecified atom stereocenters. The Morgan fingerprint density at radius 1 is 1.09 bits per heavy atom. The van der Waals surface area contributed by atoms with Crippen molar-refractivity contribution in [3.63, 3.8) is 0 Å². The number of nitrogens with zero attached hydrogens (tertiary/aromatic N) is 3. The summed E-state index contributed by atoms with van der Waals surface area (Å²) < 4.78 is 38.4. The van der Waals surface area contributed by atoms with E-state index >= 15 is 0 Å². The predicted molar refractivity (Wildman–Crippen MR) is 79.9 cm³/mol. The van der Waals surface area contributed by atoms with Gasteiger partial charge in [-0.1, -0.05) is 12.1 Å². The molecule has 5 nitrogen and oxygen atoms in total. The molecule has 0 fully saturated rings. The van der Waals surface area contributed by atoms with E-state index < -0.39 is 9.84 Å². The van der Waals surface area contributed by atoms with Crippen LogP contribution >= 0.6 is 0 Å². The number of imidazole rings is 1. The number of pyridine rings is 1. The molecule has 0 amide bonds. The first-order valence-corrected chi connectivity index (χ1v) is 8.30. The van der Waals surface area contributed by atoms with Crippen molar-refractivity contribution in [3.05, 3.63) is 60.9 Å². The van der Waals surface area contributed by atoms with Crippen LogP contribution in [0.3, 0.4) is 0 Å². The molecule has 2 heterocycles. The highest BCUT2D eigenvalue weighted by Crippen LogP contribution is 2.25. The van der Waals surface area contributed by atoms with Gasteiger partial charge in [0.2, 0.25) is 0 Å². The van der Waals surface area contributed by atoms with Crippen molar-refractivity contribution in [2.75, 3.05) is 6.26 Å². The van der Waals surface area contributed by atoms with Crippen LogP contribution in [0.2, 0.25) is 0 Å². The van der Waals surface area contributed by atoms with Gasteiger partial charge in [0, 0.05) is 11.8 Å². The molecule has 0 aliphatic rings. The number of aromatic nitrogens is 3. The van der Waals surface area contributed by atoms with Crippen molar-refractivity contribution in [2.45, 2.75) is 5.03 Å². The van der Waals surface area contributed by atoms with Crippen LogP contribution < -0.4 is 0 Å². The van der Waals surface area contributed by atoms with Crippen LogP contribution in [0.5, 0.6) is 0 Å². The van der Waals surface area contributed by atoms with Crippen molar-refractivity contribution in [1.82, 2.24) is 14.5 Å². The summed E-state index contributed by atoms with van der Waals surface area (Å²) in [6.07, 6.45) is 5.58. The van der Waals surface area contributed by atoms with Gasteiger partial charge in [-0.25, -0.2) is 22.8 Å². The fraction of sp³-hybridized carbons (Fsp3) is 0.0667. The maximum absolute atomic E-state index is 13.9. The molecule has 0 aliphatic heterocycles. The smallest absolute Gasteiger partial charge is 0.192 e. The van der Waals surface area contributed by atoms with E-state index in [1.54, 1.807) is 35.0 Å². The van der Waals surface area contributed by atoms with Crippen LogP contribution in [-0.2, 0) is 9.84 Å². The zero-order valence-electron chi connectivity index (χ0n) is 11.6. The lowest BCUT2D eigenvalue weighted by Crippen LogP contribution is -2.02. The number of halogens is 1. The molecular weight excluding hydrogens is 305 g/mol. The molecule has 0 bridgehead atoms. The third kappa shape index (κ3) is 2.62. The van der Waals surface area contributed by atoms with Crippen molar-refractivity contribution in [2.24, 2.45) is 0 Å². The molecule has 7 heteroatoms.